The second-order valence-electron chi connectivity index (χ2n) is 25.4. The van der Waals surface area contributed by atoms with Crippen molar-refractivity contribution in [3.05, 3.63) is 24.3 Å². The molecule has 0 aromatic heterocycles. The van der Waals surface area contributed by atoms with Crippen LogP contribution in [0.15, 0.2) is 24.3 Å². The number of carbonyl (C=O) groups is 2. The van der Waals surface area contributed by atoms with Crippen molar-refractivity contribution in [2.45, 2.75) is 373 Å². The van der Waals surface area contributed by atoms with E-state index in [1.54, 1.807) is 0 Å². The van der Waals surface area contributed by atoms with E-state index in [0.29, 0.717) is 17.4 Å². The highest BCUT2D eigenvalue weighted by molar-refractivity contribution is 7.45. The van der Waals surface area contributed by atoms with Crippen LogP contribution in [0, 0.1) is 0 Å². The Balaban J connectivity index is 4.93. The van der Waals surface area contributed by atoms with Gasteiger partial charge in [0.1, 0.15) is 19.3 Å². The Morgan fingerprint density at radius 2 is 0.725 bits per heavy atom. The van der Waals surface area contributed by atoms with Crippen LogP contribution in [-0.4, -0.2) is 69.4 Å². The van der Waals surface area contributed by atoms with Gasteiger partial charge in [-0.05, 0) is 57.4 Å². The lowest BCUT2D eigenvalue weighted by Crippen LogP contribution is -2.47. The molecule has 0 aliphatic rings. The van der Waals surface area contributed by atoms with Crippen molar-refractivity contribution in [2.24, 2.45) is 0 Å². The van der Waals surface area contributed by atoms with E-state index in [0.717, 1.165) is 77.0 Å². The summed E-state index contributed by atoms with van der Waals surface area (Å²) < 4.78 is 30.4. The van der Waals surface area contributed by atoms with Crippen molar-refractivity contribution in [1.82, 2.24) is 5.32 Å². The lowest BCUT2D eigenvalue weighted by molar-refractivity contribution is -0.870. The highest BCUT2D eigenvalue weighted by Crippen LogP contribution is 2.38. The summed E-state index contributed by atoms with van der Waals surface area (Å²) >= 11 is 0. The smallest absolute Gasteiger partial charge is 0.306 e. The van der Waals surface area contributed by atoms with Crippen LogP contribution in [0.3, 0.4) is 0 Å². The Hall–Kier alpha value is -1.51. The average Bonchev–Trinajstić information content (AvgIpc) is 3.43. The van der Waals surface area contributed by atoms with Crippen LogP contribution >= 0.6 is 7.82 Å². The fourth-order valence-corrected chi connectivity index (χ4v) is 11.4. The number of ether oxygens (including phenoxy) is 1. The first-order chi connectivity index (χ1) is 38.9. The number of likely N-dealkylation sites (N-methyl/N-ethyl adjacent to an activating group) is 1. The molecule has 3 atom stereocenters. The number of allylic oxidation sites excluding steroid dienone is 3. The van der Waals surface area contributed by atoms with Crippen LogP contribution in [0.5, 0.6) is 0 Å². The summed E-state index contributed by atoms with van der Waals surface area (Å²) in [4.78, 5) is 40.1. The molecule has 3 unspecified atom stereocenters. The minimum Gasteiger partial charge on any atom is -0.756 e. The molecule has 0 aliphatic carbocycles. The van der Waals surface area contributed by atoms with E-state index in [-0.39, 0.29) is 31.5 Å². The quantitative estimate of drug-likeness (QED) is 0.0212. The van der Waals surface area contributed by atoms with Gasteiger partial charge in [-0.15, -0.1) is 0 Å². The van der Waals surface area contributed by atoms with Crippen molar-refractivity contribution >= 4 is 19.7 Å². The maximum absolute atomic E-state index is 13.5. The number of nitrogens with one attached hydrogen (secondary N) is 1. The summed E-state index contributed by atoms with van der Waals surface area (Å²) in [7, 11) is 1.20. The molecule has 0 saturated heterocycles. The van der Waals surface area contributed by atoms with Crippen molar-refractivity contribution in [3.8, 4) is 0 Å². The van der Waals surface area contributed by atoms with E-state index >= 15 is 0 Å². The predicted octanol–water partition coefficient (Wildman–Crippen LogP) is 21.4. The van der Waals surface area contributed by atoms with Gasteiger partial charge in [0.25, 0.3) is 7.82 Å². The Kier molecular flexibility index (Phi) is 59.5. The van der Waals surface area contributed by atoms with Crippen LogP contribution in [0.4, 0.5) is 0 Å². The van der Waals surface area contributed by atoms with E-state index in [1.807, 2.05) is 33.3 Å². The minimum absolute atomic E-state index is 0.0203. The molecule has 10 heteroatoms. The number of amides is 1. The zero-order valence-corrected chi connectivity index (χ0v) is 55.2. The molecule has 1 amide bonds. The van der Waals surface area contributed by atoms with Gasteiger partial charge >= 0.3 is 5.97 Å². The first-order valence-corrected chi connectivity index (χ1v) is 36.6. The third kappa shape index (κ3) is 61.1. The number of unbranched alkanes of at least 4 members (excludes halogenated alkanes) is 47. The molecule has 0 aliphatic heterocycles. The number of hydrogen-bond acceptors (Lipinski definition) is 7. The largest absolute Gasteiger partial charge is 0.756 e. The van der Waals surface area contributed by atoms with Crippen LogP contribution in [-0.2, 0) is 27.9 Å². The zero-order chi connectivity index (χ0) is 58.6. The van der Waals surface area contributed by atoms with Gasteiger partial charge in [-0.25, -0.2) is 0 Å². The number of rotatable bonds is 65. The molecule has 0 aromatic carbocycles. The second kappa shape index (κ2) is 60.6. The SMILES string of the molecule is CCCCCCCCC/C=C/CCCCCCCC(=O)NC(COP(=O)([O-])OCC[N+](C)(C)C)C(/C=C\CCCCCCCCCCC)OC(=O)CCCCCCCCCCCCCCCCCCCCCCCCCCCCC. The number of carbonyl (C=O) groups excluding carboxylic acids is 2. The van der Waals surface area contributed by atoms with Gasteiger partial charge in [0.15, 0.2) is 0 Å². The molecular weight excluding hydrogens is 1010 g/mol. The number of nitrogens with zero attached hydrogens (tertiary/aromatic N) is 1. The fourth-order valence-electron chi connectivity index (χ4n) is 10.7. The summed E-state index contributed by atoms with van der Waals surface area (Å²) in [5, 5.41) is 3.04. The van der Waals surface area contributed by atoms with Crippen LogP contribution in [0.1, 0.15) is 361 Å². The van der Waals surface area contributed by atoms with Crippen LogP contribution in [0.25, 0.3) is 0 Å². The van der Waals surface area contributed by atoms with Crippen molar-refractivity contribution in [3.63, 3.8) is 0 Å². The Labute approximate surface area is 498 Å². The summed E-state index contributed by atoms with van der Waals surface area (Å²) in [6.07, 6.45) is 73.2. The van der Waals surface area contributed by atoms with Crippen LogP contribution < -0.4 is 10.2 Å². The highest BCUT2D eigenvalue weighted by Gasteiger charge is 2.27. The van der Waals surface area contributed by atoms with E-state index < -0.39 is 20.0 Å². The Morgan fingerprint density at radius 3 is 1.06 bits per heavy atom. The fraction of sp³-hybridized carbons (Fsp3) is 0.914. The number of hydrogen-bond donors (Lipinski definition) is 1. The summed E-state index contributed by atoms with van der Waals surface area (Å²) in [6, 6.07) is -0.887. The van der Waals surface area contributed by atoms with Gasteiger partial charge in [0.2, 0.25) is 5.91 Å². The highest BCUT2D eigenvalue weighted by atomic mass is 31.2. The first kappa shape index (κ1) is 78.5. The monoisotopic (exact) mass is 1150 g/mol. The Morgan fingerprint density at radius 1 is 0.425 bits per heavy atom. The molecule has 0 bridgehead atoms. The van der Waals surface area contributed by atoms with Gasteiger partial charge in [-0.2, -0.15) is 0 Å². The molecule has 0 fully saturated rings. The minimum atomic E-state index is -4.70. The van der Waals surface area contributed by atoms with Crippen molar-refractivity contribution in [2.75, 3.05) is 40.9 Å². The molecule has 0 spiro atoms. The third-order valence-corrected chi connectivity index (χ3v) is 17.1. The summed E-state index contributed by atoms with van der Waals surface area (Å²) in [6.45, 7) is 6.89. The van der Waals surface area contributed by atoms with Crippen molar-refractivity contribution < 1.29 is 37.3 Å². The molecule has 9 nitrogen and oxygen atoms in total. The molecule has 1 N–H and O–H groups in total. The molecule has 0 aromatic rings. The molecule has 80 heavy (non-hydrogen) atoms. The first-order valence-electron chi connectivity index (χ1n) is 35.1. The van der Waals surface area contributed by atoms with Gasteiger partial charge in [-0.1, -0.05) is 315 Å². The van der Waals surface area contributed by atoms with Gasteiger partial charge < -0.3 is 28.5 Å². The van der Waals surface area contributed by atoms with Crippen LogP contribution in [0.2, 0.25) is 0 Å². The third-order valence-electron chi connectivity index (χ3n) is 16.1. The molecule has 0 heterocycles. The number of phosphoric ester groups is 1. The average molecular weight is 1150 g/mol. The van der Waals surface area contributed by atoms with Gasteiger partial charge in [0.05, 0.1) is 33.8 Å². The van der Waals surface area contributed by atoms with E-state index in [4.69, 9.17) is 13.8 Å². The maximum atomic E-state index is 13.5. The molecule has 0 rings (SSSR count). The Bertz CT molecular complexity index is 1420. The molecule has 474 valence electrons. The van der Waals surface area contributed by atoms with E-state index in [2.05, 4.69) is 38.2 Å². The maximum Gasteiger partial charge on any atom is 0.306 e. The summed E-state index contributed by atoms with van der Waals surface area (Å²) in [5.74, 6) is -0.531. The topological polar surface area (TPSA) is 114 Å². The lowest BCUT2D eigenvalue weighted by atomic mass is 10.0. The lowest BCUT2D eigenvalue weighted by Gasteiger charge is -2.30. The van der Waals surface area contributed by atoms with E-state index in [9.17, 15) is 19.0 Å². The molecule has 0 radical (unpaired) electrons. The summed E-state index contributed by atoms with van der Waals surface area (Å²) in [5.41, 5.74) is 0. The number of esters is 1. The molecule has 0 saturated carbocycles. The molecular formula is C70H137N2O7P. The normalized spacial score (nSPS) is 13.6. The second-order valence-corrected chi connectivity index (χ2v) is 26.8. The predicted molar refractivity (Wildman–Crippen MR) is 344 cm³/mol. The van der Waals surface area contributed by atoms with Crippen molar-refractivity contribution in [1.29, 1.82) is 0 Å². The van der Waals surface area contributed by atoms with Gasteiger partial charge in [-0.3, -0.25) is 14.2 Å². The van der Waals surface area contributed by atoms with E-state index in [1.165, 1.54) is 250 Å². The number of quaternary nitrogens is 1. The van der Waals surface area contributed by atoms with Gasteiger partial charge in [0, 0.05) is 12.8 Å². The zero-order valence-electron chi connectivity index (χ0n) is 54.3. The number of phosphoric acid groups is 1. The standard InChI is InChI=1S/C70H137N2O7P/c1-7-10-13-16-19-22-25-27-29-31-32-33-34-35-36-37-38-39-40-41-43-45-48-51-54-57-60-63-70(74)79-68(61-58-55-52-49-46-24-21-18-15-12-9-3)67(66-78-80(75,76)77-65-64-72(4,5)6)71-69(73)62-59-56-53-50-47-44-42-30-28-26-23-20-17-14-11-8-2/h30,42,58,61,67-68H,7-29,31-41,43-57,59-60,62-66H2,1-6H3,(H-,71,73,75,76)/b42-30+,61-58-.